The van der Waals surface area contributed by atoms with Gasteiger partial charge in [0.1, 0.15) is 5.65 Å². The number of carbonyl (C=O) groups excluding carboxylic acids is 1. The molecule has 0 amide bonds. The van der Waals surface area contributed by atoms with Gasteiger partial charge in [-0.3, -0.25) is 0 Å². The van der Waals surface area contributed by atoms with Crippen LogP contribution in [0.5, 0.6) is 0 Å². The van der Waals surface area contributed by atoms with Crippen molar-refractivity contribution < 1.29 is 9.53 Å². The van der Waals surface area contributed by atoms with Crippen LogP contribution in [0.4, 0.5) is 0 Å². The summed E-state index contributed by atoms with van der Waals surface area (Å²) in [6.45, 7) is 2.20. The zero-order valence-electron chi connectivity index (χ0n) is 11.6. The second kappa shape index (κ2) is 5.63. The van der Waals surface area contributed by atoms with Gasteiger partial charge in [-0.1, -0.05) is 0 Å². The van der Waals surface area contributed by atoms with Gasteiger partial charge in [0.2, 0.25) is 0 Å². The van der Waals surface area contributed by atoms with Crippen LogP contribution in [0.2, 0.25) is 0 Å². The normalized spacial score (nSPS) is 16.4. The van der Waals surface area contributed by atoms with E-state index in [9.17, 15) is 4.79 Å². The number of carbonyl (C=O) groups is 1. The molecule has 0 atom stereocenters. The first-order chi connectivity index (χ1) is 9.76. The van der Waals surface area contributed by atoms with E-state index in [0.29, 0.717) is 11.5 Å². The third-order valence-corrected chi connectivity index (χ3v) is 3.89. The number of nitrogens with one attached hydrogen (secondary N) is 1. The summed E-state index contributed by atoms with van der Waals surface area (Å²) in [6.07, 6.45) is 7.35. The van der Waals surface area contributed by atoms with Gasteiger partial charge in [-0.15, -0.1) is 0 Å². The molecule has 106 valence electrons. The highest BCUT2D eigenvalue weighted by molar-refractivity contribution is 5.90. The van der Waals surface area contributed by atoms with Crippen LogP contribution in [0.1, 0.15) is 28.9 Å². The van der Waals surface area contributed by atoms with Gasteiger partial charge in [-0.2, -0.15) is 0 Å². The van der Waals surface area contributed by atoms with Gasteiger partial charge in [0.15, 0.2) is 0 Å². The van der Waals surface area contributed by atoms with Crippen molar-refractivity contribution in [3.63, 3.8) is 0 Å². The Kier molecular flexibility index (Phi) is 3.69. The minimum absolute atomic E-state index is 0.324. The van der Waals surface area contributed by atoms with Crippen LogP contribution >= 0.6 is 0 Å². The van der Waals surface area contributed by atoms with Gasteiger partial charge in [-0.25, -0.2) is 9.78 Å². The minimum atomic E-state index is -0.324. The molecule has 1 aliphatic rings. The van der Waals surface area contributed by atoms with Crippen molar-refractivity contribution in [2.45, 2.75) is 19.3 Å². The van der Waals surface area contributed by atoms with Crippen molar-refractivity contribution >= 4 is 11.6 Å². The smallest absolute Gasteiger partial charge is 0.338 e. The maximum absolute atomic E-state index is 11.5. The van der Waals surface area contributed by atoms with Gasteiger partial charge in [0.25, 0.3) is 0 Å². The Labute approximate surface area is 118 Å². The molecule has 1 saturated heterocycles. The first-order valence-electron chi connectivity index (χ1n) is 7.03. The highest BCUT2D eigenvalue weighted by Crippen LogP contribution is 2.18. The molecule has 0 bridgehead atoms. The summed E-state index contributed by atoms with van der Waals surface area (Å²) in [4.78, 5) is 16.1. The topological polar surface area (TPSA) is 55.6 Å². The number of rotatable bonds is 3. The summed E-state index contributed by atoms with van der Waals surface area (Å²) in [5.41, 5.74) is 2.44. The summed E-state index contributed by atoms with van der Waals surface area (Å²) in [5.74, 6) is 0.386. The lowest BCUT2D eigenvalue weighted by atomic mass is 9.93. The van der Waals surface area contributed by atoms with Gasteiger partial charge >= 0.3 is 5.97 Å². The summed E-state index contributed by atoms with van der Waals surface area (Å²) in [6, 6.07) is 3.53. The number of hydrogen-bond acceptors (Lipinski definition) is 4. The van der Waals surface area contributed by atoms with Crippen LogP contribution in [-0.4, -0.2) is 35.6 Å². The van der Waals surface area contributed by atoms with Crippen LogP contribution in [0.25, 0.3) is 5.65 Å². The standard InChI is InChI=1S/C15H19N3O2/c1-20-15(19)12-4-7-18-10-13(17-14(18)9-12)8-11-2-5-16-6-3-11/h4,7,9-11,16H,2-3,5-6,8H2,1H3. The van der Waals surface area contributed by atoms with Crippen molar-refractivity contribution in [3.8, 4) is 0 Å². The number of piperidine rings is 1. The Bertz CT molecular complexity index is 615. The molecule has 1 fully saturated rings. The number of aromatic nitrogens is 2. The van der Waals surface area contributed by atoms with Crippen molar-refractivity contribution in [2.75, 3.05) is 20.2 Å². The summed E-state index contributed by atoms with van der Waals surface area (Å²) in [5, 5.41) is 3.38. The summed E-state index contributed by atoms with van der Waals surface area (Å²) >= 11 is 0. The molecule has 3 rings (SSSR count). The van der Waals surface area contributed by atoms with Gasteiger partial charge in [-0.05, 0) is 50.4 Å². The Morgan fingerprint density at radius 3 is 3.05 bits per heavy atom. The van der Waals surface area contributed by atoms with E-state index >= 15 is 0 Å². The van der Waals surface area contributed by atoms with Crippen molar-refractivity contribution in [1.29, 1.82) is 0 Å². The number of fused-ring (bicyclic) bond motifs is 1. The lowest BCUT2D eigenvalue weighted by Gasteiger charge is -2.21. The van der Waals surface area contributed by atoms with Gasteiger partial charge in [0.05, 0.1) is 18.4 Å². The maximum atomic E-state index is 11.5. The highest BCUT2D eigenvalue weighted by Gasteiger charge is 2.15. The summed E-state index contributed by atoms with van der Waals surface area (Å²) in [7, 11) is 1.39. The van der Waals surface area contributed by atoms with E-state index in [4.69, 9.17) is 4.74 Å². The molecule has 1 N–H and O–H groups in total. The quantitative estimate of drug-likeness (QED) is 0.864. The van der Waals surface area contributed by atoms with E-state index in [1.807, 2.05) is 10.6 Å². The molecular formula is C15H19N3O2. The first kappa shape index (κ1) is 13.1. The Morgan fingerprint density at radius 2 is 2.30 bits per heavy atom. The summed E-state index contributed by atoms with van der Waals surface area (Å²) < 4.78 is 6.69. The fourth-order valence-electron chi connectivity index (χ4n) is 2.76. The number of ether oxygens (including phenoxy) is 1. The average Bonchev–Trinajstić information content (AvgIpc) is 2.88. The van der Waals surface area contributed by atoms with Gasteiger partial charge < -0.3 is 14.5 Å². The largest absolute Gasteiger partial charge is 0.465 e. The molecule has 0 spiro atoms. The fraction of sp³-hybridized carbons (Fsp3) is 0.467. The van der Waals surface area contributed by atoms with Crippen molar-refractivity contribution in [3.05, 3.63) is 35.8 Å². The number of methoxy groups -OCH3 is 1. The molecule has 5 nitrogen and oxygen atoms in total. The molecule has 0 aliphatic carbocycles. The van der Waals surface area contributed by atoms with Crippen LogP contribution in [0.15, 0.2) is 24.5 Å². The van der Waals surface area contributed by atoms with Crippen molar-refractivity contribution in [1.82, 2.24) is 14.7 Å². The van der Waals surface area contributed by atoms with E-state index in [1.165, 1.54) is 20.0 Å². The highest BCUT2D eigenvalue weighted by atomic mass is 16.5. The molecule has 5 heteroatoms. The molecule has 20 heavy (non-hydrogen) atoms. The SMILES string of the molecule is COC(=O)c1ccn2cc(CC3CCNCC3)nc2c1. The molecule has 0 saturated carbocycles. The first-order valence-corrected chi connectivity index (χ1v) is 7.03. The van der Waals surface area contributed by atoms with Crippen LogP contribution in [0.3, 0.4) is 0 Å². The minimum Gasteiger partial charge on any atom is -0.465 e. The van der Waals surface area contributed by atoms with Crippen LogP contribution < -0.4 is 5.32 Å². The molecule has 1 aliphatic heterocycles. The zero-order chi connectivity index (χ0) is 13.9. The Hall–Kier alpha value is -1.88. The Balaban J connectivity index is 1.81. The lowest BCUT2D eigenvalue weighted by Crippen LogP contribution is -2.28. The average molecular weight is 273 g/mol. The van der Waals surface area contributed by atoms with E-state index in [-0.39, 0.29) is 5.97 Å². The molecular weight excluding hydrogens is 254 g/mol. The maximum Gasteiger partial charge on any atom is 0.338 e. The molecule has 0 unspecified atom stereocenters. The zero-order valence-corrected chi connectivity index (χ0v) is 11.6. The monoisotopic (exact) mass is 273 g/mol. The third kappa shape index (κ3) is 2.67. The number of hydrogen-bond donors (Lipinski definition) is 1. The molecule has 2 aromatic heterocycles. The Morgan fingerprint density at radius 1 is 1.50 bits per heavy atom. The fourth-order valence-corrected chi connectivity index (χ4v) is 2.76. The van der Waals surface area contributed by atoms with E-state index in [1.54, 1.807) is 12.1 Å². The van der Waals surface area contributed by atoms with E-state index in [2.05, 4.69) is 16.5 Å². The number of esters is 1. The third-order valence-electron chi connectivity index (χ3n) is 3.89. The number of imidazole rings is 1. The second-order valence-corrected chi connectivity index (χ2v) is 5.30. The van der Waals surface area contributed by atoms with E-state index in [0.717, 1.165) is 30.9 Å². The molecule has 0 aromatic carbocycles. The van der Waals surface area contributed by atoms with Crippen LogP contribution in [0, 0.1) is 5.92 Å². The van der Waals surface area contributed by atoms with Gasteiger partial charge in [0, 0.05) is 12.4 Å². The lowest BCUT2D eigenvalue weighted by molar-refractivity contribution is 0.0600. The van der Waals surface area contributed by atoms with Crippen LogP contribution in [-0.2, 0) is 11.2 Å². The molecule has 2 aromatic rings. The predicted octanol–water partition coefficient (Wildman–Crippen LogP) is 1.66. The number of nitrogens with zero attached hydrogens (tertiary/aromatic N) is 2. The molecule has 0 radical (unpaired) electrons. The predicted molar refractivity (Wildman–Crippen MR) is 75.8 cm³/mol. The van der Waals surface area contributed by atoms with E-state index < -0.39 is 0 Å². The number of pyridine rings is 1. The van der Waals surface area contributed by atoms with Crippen molar-refractivity contribution in [2.24, 2.45) is 5.92 Å². The second-order valence-electron chi connectivity index (χ2n) is 5.30. The molecule has 3 heterocycles.